The molecule has 116 valence electrons. The quantitative estimate of drug-likeness (QED) is 0.777. The lowest BCUT2D eigenvalue weighted by Gasteiger charge is -2.14. The van der Waals surface area contributed by atoms with Crippen LogP contribution >= 0.6 is 27.5 Å². The highest BCUT2D eigenvalue weighted by Crippen LogP contribution is 2.37. The van der Waals surface area contributed by atoms with Crippen LogP contribution in [0.1, 0.15) is 22.8 Å². The zero-order valence-corrected chi connectivity index (χ0v) is 14.1. The van der Waals surface area contributed by atoms with E-state index in [0.29, 0.717) is 34.2 Å². The summed E-state index contributed by atoms with van der Waals surface area (Å²) >= 11 is 9.27. The molecule has 22 heavy (non-hydrogen) atoms. The SMILES string of the molecule is CCOc1cc(C(=O)O)cc(Br)c1OCc1cccc(Cl)c1. The van der Waals surface area contributed by atoms with Gasteiger partial charge in [0.05, 0.1) is 16.6 Å². The van der Waals surface area contributed by atoms with Crippen molar-refractivity contribution in [3.05, 3.63) is 57.0 Å². The van der Waals surface area contributed by atoms with Crippen LogP contribution in [0.5, 0.6) is 11.5 Å². The van der Waals surface area contributed by atoms with Crippen LogP contribution < -0.4 is 9.47 Å². The van der Waals surface area contributed by atoms with E-state index >= 15 is 0 Å². The van der Waals surface area contributed by atoms with Crippen LogP contribution in [0.2, 0.25) is 5.02 Å². The molecule has 0 atom stereocenters. The van der Waals surface area contributed by atoms with Crippen molar-refractivity contribution in [3.63, 3.8) is 0 Å². The molecule has 0 unspecified atom stereocenters. The number of ether oxygens (including phenoxy) is 2. The Morgan fingerprint density at radius 2 is 2.05 bits per heavy atom. The Kier molecular flexibility index (Phi) is 5.69. The van der Waals surface area contributed by atoms with E-state index in [1.807, 2.05) is 19.1 Å². The van der Waals surface area contributed by atoms with E-state index < -0.39 is 5.97 Å². The summed E-state index contributed by atoms with van der Waals surface area (Å²) in [6.07, 6.45) is 0. The molecule has 0 aliphatic heterocycles. The molecule has 4 nitrogen and oxygen atoms in total. The molecule has 0 heterocycles. The summed E-state index contributed by atoms with van der Waals surface area (Å²) < 4.78 is 11.8. The van der Waals surface area contributed by atoms with E-state index in [2.05, 4.69) is 15.9 Å². The zero-order valence-electron chi connectivity index (χ0n) is 11.8. The molecule has 0 amide bonds. The van der Waals surface area contributed by atoms with Crippen LogP contribution in [-0.4, -0.2) is 17.7 Å². The van der Waals surface area contributed by atoms with Crippen LogP contribution in [0.15, 0.2) is 40.9 Å². The predicted molar refractivity (Wildman–Crippen MR) is 88.1 cm³/mol. The molecule has 0 aromatic heterocycles. The molecule has 0 aliphatic carbocycles. The molecule has 0 saturated heterocycles. The van der Waals surface area contributed by atoms with Crippen molar-refractivity contribution in [2.24, 2.45) is 0 Å². The average molecular weight is 386 g/mol. The van der Waals surface area contributed by atoms with Gasteiger partial charge in [0.25, 0.3) is 0 Å². The van der Waals surface area contributed by atoms with Crippen LogP contribution in [0.4, 0.5) is 0 Å². The lowest BCUT2D eigenvalue weighted by molar-refractivity contribution is 0.0696. The first kappa shape index (κ1) is 16.6. The van der Waals surface area contributed by atoms with Crippen LogP contribution in [0.25, 0.3) is 0 Å². The summed E-state index contributed by atoms with van der Waals surface area (Å²) in [6, 6.07) is 10.3. The fourth-order valence-electron chi connectivity index (χ4n) is 1.88. The molecule has 0 saturated carbocycles. The number of carboxylic acid groups (broad SMARTS) is 1. The van der Waals surface area contributed by atoms with Gasteiger partial charge >= 0.3 is 5.97 Å². The highest BCUT2D eigenvalue weighted by molar-refractivity contribution is 9.10. The first-order chi connectivity index (χ1) is 10.5. The van der Waals surface area contributed by atoms with Gasteiger partial charge in [-0.25, -0.2) is 4.79 Å². The molecular weight excluding hydrogens is 372 g/mol. The van der Waals surface area contributed by atoms with E-state index in [-0.39, 0.29) is 5.56 Å². The Morgan fingerprint density at radius 1 is 1.27 bits per heavy atom. The smallest absolute Gasteiger partial charge is 0.335 e. The van der Waals surface area contributed by atoms with Crippen LogP contribution in [0.3, 0.4) is 0 Å². The molecule has 2 aromatic carbocycles. The van der Waals surface area contributed by atoms with Crippen molar-refractivity contribution in [1.29, 1.82) is 0 Å². The highest BCUT2D eigenvalue weighted by atomic mass is 79.9. The van der Waals surface area contributed by atoms with Crippen molar-refractivity contribution in [1.82, 2.24) is 0 Å². The topological polar surface area (TPSA) is 55.8 Å². The molecule has 0 fully saturated rings. The maximum atomic E-state index is 11.1. The Balaban J connectivity index is 2.27. The fraction of sp³-hybridized carbons (Fsp3) is 0.188. The van der Waals surface area contributed by atoms with Crippen molar-refractivity contribution < 1.29 is 19.4 Å². The normalized spacial score (nSPS) is 10.3. The number of carboxylic acids is 1. The van der Waals surface area contributed by atoms with Crippen LogP contribution in [-0.2, 0) is 6.61 Å². The van der Waals surface area contributed by atoms with Crippen molar-refractivity contribution in [2.45, 2.75) is 13.5 Å². The molecule has 0 radical (unpaired) electrons. The van der Waals surface area contributed by atoms with Gasteiger partial charge in [0.2, 0.25) is 0 Å². The van der Waals surface area contributed by atoms with Crippen molar-refractivity contribution in [3.8, 4) is 11.5 Å². The minimum absolute atomic E-state index is 0.130. The van der Waals surface area contributed by atoms with Crippen LogP contribution in [0, 0.1) is 0 Å². The maximum absolute atomic E-state index is 11.1. The number of carbonyl (C=O) groups is 1. The van der Waals surface area contributed by atoms with Crippen molar-refractivity contribution >= 4 is 33.5 Å². The minimum atomic E-state index is -1.02. The summed E-state index contributed by atoms with van der Waals surface area (Å²) in [7, 11) is 0. The zero-order chi connectivity index (χ0) is 16.1. The first-order valence-electron chi connectivity index (χ1n) is 6.58. The van der Waals surface area contributed by atoms with Gasteiger partial charge in [0, 0.05) is 5.02 Å². The summed E-state index contributed by atoms with van der Waals surface area (Å²) in [4.78, 5) is 11.1. The Labute approximate surface area is 141 Å². The lowest BCUT2D eigenvalue weighted by Crippen LogP contribution is -2.03. The number of rotatable bonds is 6. The summed E-state index contributed by atoms with van der Waals surface area (Å²) in [5, 5.41) is 9.73. The second kappa shape index (κ2) is 7.51. The predicted octanol–water partition coefficient (Wildman–Crippen LogP) is 4.78. The molecule has 0 bridgehead atoms. The third-order valence-corrected chi connectivity index (χ3v) is 3.65. The number of hydrogen-bond acceptors (Lipinski definition) is 3. The molecule has 6 heteroatoms. The van der Waals surface area contributed by atoms with Gasteiger partial charge < -0.3 is 14.6 Å². The van der Waals surface area contributed by atoms with E-state index in [1.54, 1.807) is 12.1 Å². The molecule has 2 aromatic rings. The number of aromatic carboxylic acids is 1. The van der Waals surface area contributed by atoms with Gasteiger partial charge in [-0.2, -0.15) is 0 Å². The summed E-state index contributed by atoms with van der Waals surface area (Å²) in [6.45, 7) is 2.52. The maximum Gasteiger partial charge on any atom is 0.335 e. The molecule has 0 aliphatic rings. The van der Waals surface area contributed by atoms with Gasteiger partial charge in [-0.05, 0) is 52.7 Å². The molecule has 1 N–H and O–H groups in total. The highest BCUT2D eigenvalue weighted by Gasteiger charge is 2.15. The average Bonchev–Trinajstić information content (AvgIpc) is 2.46. The second-order valence-electron chi connectivity index (χ2n) is 4.44. The fourth-order valence-corrected chi connectivity index (χ4v) is 2.65. The second-order valence-corrected chi connectivity index (χ2v) is 5.73. The lowest BCUT2D eigenvalue weighted by atomic mass is 10.2. The van der Waals surface area contributed by atoms with Gasteiger partial charge in [-0.1, -0.05) is 23.7 Å². The third-order valence-electron chi connectivity index (χ3n) is 2.83. The Bertz CT molecular complexity index is 688. The van der Waals surface area contributed by atoms with Gasteiger partial charge in [-0.3, -0.25) is 0 Å². The van der Waals surface area contributed by atoms with E-state index in [0.717, 1.165) is 5.56 Å². The molecular formula is C16H14BrClO4. The van der Waals surface area contributed by atoms with Gasteiger partial charge in [0.1, 0.15) is 6.61 Å². The largest absolute Gasteiger partial charge is 0.490 e. The van der Waals surface area contributed by atoms with Crippen molar-refractivity contribution in [2.75, 3.05) is 6.61 Å². The van der Waals surface area contributed by atoms with E-state index in [4.69, 9.17) is 26.2 Å². The number of benzene rings is 2. The monoisotopic (exact) mass is 384 g/mol. The van der Waals surface area contributed by atoms with Gasteiger partial charge in [0.15, 0.2) is 11.5 Å². The molecule has 2 rings (SSSR count). The number of hydrogen-bond donors (Lipinski definition) is 1. The Hall–Kier alpha value is -1.72. The van der Waals surface area contributed by atoms with Gasteiger partial charge in [-0.15, -0.1) is 0 Å². The third kappa shape index (κ3) is 4.15. The van der Waals surface area contributed by atoms with E-state index in [1.165, 1.54) is 12.1 Å². The molecule has 0 spiro atoms. The summed E-state index contributed by atoms with van der Waals surface area (Å²) in [5.41, 5.74) is 1.04. The Morgan fingerprint density at radius 3 is 2.68 bits per heavy atom. The first-order valence-corrected chi connectivity index (χ1v) is 7.75. The standard InChI is InChI=1S/C16H14BrClO4/c1-2-21-14-8-11(16(19)20)7-13(17)15(14)22-9-10-4-3-5-12(18)6-10/h3-8H,2,9H2,1H3,(H,19,20). The summed E-state index contributed by atoms with van der Waals surface area (Å²) in [5.74, 6) is -0.175. The number of halogens is 2. The minimum Gasteiger partial charge on any atom is -0.490 e. The van der Waals surface area contributed by atoms with E-state index in [9.17, 15) is 4.79 Å².